The maximum absolute atomic E-state index is 11.7. The van der Waals surface area contributed by atoms with Crippen LogP contribution in [0.15, 0.2) is 12.2 Å². The van der Waals surface area contributed by atoms with Crippen molar-refractivity contribution in [2.75, 3.05) is 33.7 Å². The molecule has 0 bridgehead atoms. The molecule has 0 saturated carbocycles. The quantitative estimate of drug-likeness (QED) is 0.279. The van der Waals surface area contributed by atoms with Gasteiger partial charge in [0.25, 0.3) is 0 Å². The van der Waals surface area contributed by atoms with Crippen LogP contribution in [0.5, 0.6) is 0 Å². The standard InChI is InChI=1S/C17H30N4O2.ClH/c1-14(2)16(23)20-17(3,4)9-13-21(5,6)12-8-15(22)19-11-7-10-18;/h1,7-9,11-13H2,2-6H3,(H-,19,20,22,23);1H. The molecular formula is C17H31ClN4O2. The van der Waals surface area contributed by atoms with Crippen molar-refractivity contribution in [2.24, 2.45) is 0 Å². The Kier molecular flexibility index (Phi) is 11.4. The van der Waals surface area contributed by atoms with Gasteiger partial charge in [0, 0.05) is 24.1 Å². The summed E-state index contributed by atoms with van der Waals surface area (Å²) in [6.07, 6.45) is 1.56. The van der Waals surface area contributed by atoms with Gasteiger partial charge in [0.1, 0.15) is 0 Å². The number of nitrogens with one attached hydrogen (secondary N) is 2. The number of nitriles is 1. The maximum atomic E-state index is 11.7. The van der Waals surface area contributed by atoms with Crippen LogP contribution < -0.4 is 23.0 Å². The maximum Gasteiger partial charge on any atom is 0.246 e. The number of hydrogen-bond acceptors (Lipinski definition) is 3. The molecule has 2 amide bonds. The Labute approximate surface area is 152 Å². The monoisotopic (exact) mass is 358 g/mol. The van der Waals surface area contributed by atoms with Gasteiger partial charge in [-0.1, -0.05) is 6.58 Å². The molecule has 0 spiro atoms. The van der Waals surface area contributed by atoms with Gasteiger partial charge in [-0.3, -0.25) is 9.59 Å². The van der Waals surface area contributed by atoms with Crippen molar-refractivity contribution in [3.05, 3.63) is 12.2 Å². The molecular weight excluding hydrogens is 328 g/mol. The van der Waals surface area contributed by atoms with Gasteiger partial charge in [-0.15, -0.1) is 0 Å². The van der Waals surface area contributed by atoms with Gasteiger partial charge in [0.2, 0.25) is 11.8 Å². The van der Waals surface area contributed by atoms with E-state index >= 15 is 0 Å². The molecule has 0 saturated heterocycles. The Bertz CT molecular complexity index is 481. The zero-order chi connectivity index (χ0) is 18.1. The summed E-state index contributed by atoms with van der Waals surface area (Å²) in [5, 5.41) is 14.1. The minimum absolute atomic E-state index is 0. The van der Waals surface area contributed by atoms with E-state index in [1.807, 2.05) is 19.9 Å². The first-order valence-electron chi connectivity index (χ1n) is 7.93. The number of rotatable bonds is 10. The number of carbonyl (C=O) groups excluding carboxylic acids is 2. The minimum Gasteiger partial charge on any atom is -1.00 e. The predicted molar refractivity (Wildman–Crippen MR) is 91.4 cm³/mol. The van der Waals surface area contributed by atoms with Crippen molar-refractivity contribution in [3.8, 4) is 6.07 Å². The lowest BCUT2D eigenvalue weighted by atomic mass is 9.99. The molecule has 0 fully saturated rings. The molecule has 7 heteroatoms. The molecule has 0 radical (unpaired) electrons. The van der Waals surface area contributed by atoms with Gasteiger partial charge >= 0.3 is 0 Å². The Balaban J connectivity index is 0. The highest BCUT2D eigenvalue weighted by atomic mass is 35.5. The molecule has 0 aliphatic heterocycles. The van der Waals surface area contributed by atoms with E-state index in [4.69, 9.17) is 5.26 Å². The van der Waals surface area contributed by atoms with Crippen molar-refractivity contribution in [2.45, 2.75) is 45.6 Å². The van der Waals surface area contributed by atoms with Crippen LogP contribution in [0.2, 0.25) is 0 Å². The molecule has 2 N–H and O–H groups in total. The fraction of sp³-hybridized carbons (Fsp3) is 0.706. The van der Waals surface area contributed by atoms with E-state index in [1.54, 1.807) is 6.92 Å². The van der Waals surface area contributed by atoms with E-state index < -0.39 is 0 Å². The average molecular weight is 359 g/mol. The number of carbonyl (C=O) groups is 2. The minimum atomic E-state index is -0.319. The third kappa shape index (κ3) is 11.9. The van der Waals surface area contributed by atoms with Crippen LogP contribution in [-0.4, -0.2) is 55.6 Å². The van der Waals surface area contributed by atoms with Crippen LogP contribution in [0.3, 0.4) is 0 Å². The molecule has 0 atom stereocenters. The molecule has 0 aromatic heterocycles. The van der Waals surface area contributed by atoms with Crippen LogP contribution in [0.1, 0.15) is 40.0 Å². The van der Waals surface area contributed by atoms with Gasteiger partial charge < -0.3 is 27.5 Å². The van der Waals surface area contributed by atoms with Crippen molar-refractivity contribution in [1.82, 2.24) is 10.6 Å². The first kappa shape index (κ1) is 24.7. The lowest BCUT2D eigenvalue weighted by molar-refractivity contribution is -0.890. The summed E-state index contributed by atoms with van der Waals surface area (Å²) in [7, 11) is 4.14. The normalized spacial score (nSPS) is 11.0. The molecule has 0 aliphatic carbocycles. The highest BCUT2D eigenvalue weighted by molar-refractivity contribution is 5.92. The van der Waals surface area contributed by atoms with Crippen LogP contribution >= 0.6 is 0 Å². The molecule has 0 aromatic carbocycles. The molecule has 0 heterocycles. The van der Waals surface area contributed by atoms with Crippen molar-refractivity contribution < 1.29 is 26.5 Å². The van der Waals surface area contributed by atoms with E-state index in [0.29, 0.717) is 36.0 Å². The van der Waals surface area contributed by atoms with Crippen LogP contribution in [0.25, 0.3) is 0 Å². The first-order valence-corrected chi connectivity index (χ1v) is 7.93. The zero-order valence-electron chi connectivity index (χ0n) is 15.5. The number of hydrogen-bond donors (Lipinski definition) is 2. The second-order valence-electron chi connectivity index (χ2n) is 7.26. The fourth-order valence-electron chi connectivity index (χ4n) is 1.92. The van der Waals surface area contributed by atoms with Crippen molar-refractivity contribution >= 4 is 11.8 Å². The van der Waals surface area contributed by atoms with Gasteiger partial charge in [-0.05, 0) is 20.8 Å². The Morgan fingerprint density at radius 3 is 2.33 bits per heavy atom. The zero-order valence-corrected chi connectivity index (χ0v) is 16.3. The molecule has 0 aromatic rings. The molecule has 0 unspecified atom stereocenters. The summed E-state index contributed by atoms with van der Waals surface area (Å²) in [4.78, 5) is 23.4. The predicted octanol–water partition coefficient (Wildman–Crippen LogP) is -1.65. The van der Waals surface area contributed by atoms with E-state index in [9.17, 15) is 9.59 Å². The molecule has 24 heavy (non-hydrogen) atoms. The fourth-order valence-corrected chi connectivity index (χ4v) is 1.92. The second kappa shape index (κ2) is 11.1. The number of halogens is 1. The van der Waals surface area contributed by atoms with Gasteiger partial charge in [0.15, 0.2) is 0 Å². The van der Waals surface area contributed by atoms with E-state index in [1.165, 1.54) is 0 Å². The van der Waals surface area contributed by atoms with Crippen molar-refractivity contribution in [3.63, 3.8) is 0 Å². The molecule has 0 rings (SSSR count). The van der Waals surface area contributed by atoms with Crippen LogP contribution in [-0.2, 0) is 9.59 Å². The third-order valence-electron chi connectivity index (χ3n) is 3.68. The van der Waals surface area contributed by atoms with Crippen LogP contribution in [0, 0.1) is 11.3 Å². The Morgan fingerprint density at radius 1 is 1.25 bits per heavy atom. The summed E-state index contributed by atoms with van der Waals surface area (Å²) in [5.41, 5.74) is 0.182. The summed E-state index contributed by atoms with van der Waals surface area (Å²) in [6.45, 7) is 11.3. The summed E-state index contributed by atoms with van der Waals surface area (Å²) in [5.74, 6) is -0.154. The number of quaternary nitrogens is 1. The smallest absolute Gasteiger partial charge is 0.246 e. The molecule has 138 valence electrons. The highest BCUT2D eigenvalue weighted by Crippen LogP contribution is 2.13. The second-order valence-corrected chi connectivity index (χ2v) is 7.26. The van der Waals surface area contributed by atoms with Gasteiger partial charge in [-0.2, -0.15) is 5.26 Å². The first-order chi connectivity index (χ1) is 10.5. The lowest BCUT2D eigenvalue weighted by Gasteiger charge is -2.34. The molecule has 6 nitrogen and oxygen atoms in total. The Morgan fingerprint density at radius 2 is 1.83 bits per heavy atom. The summed E-state index contributed by atoms with van der Waals surface area (Å²) in [6, 6.07) is 2.00. The van der Waals surface area contributed by atoms with E-state index in [2.05, 4.69) is 31.3 Å². The van der Waals surface area contributed by atoms with E-state index in [-0.39, 0.29) is 29.8 Å². The third-order valence-corrected chi connectivity index (χ3v) is 3.68. The molecule has 0 aliphatic rings. The summed E-state index contributed by atoms with van der Waals surface area (Å²) < 4.78 is 0.693. The van der Waals surface area contributed by atoms with Crippen LogP contribution in [0.4, 0.5) is 0 Å². The summed E-state index contributed by atoms with van der Waals surface area (Å²) >= 11 is 0. The Hall–Kier alpha value is -1.58. The number of amides is 2. The average Bonchev–Trinajstić information content (AvgIpc) is 2.43. The lowest BCUT2D eigenvalue weighted by Crippen LogP contribution is -3.00. The SMILES string of the molecule is C=C(C)C(=O)NC(C)(C)CC[N+](C)(C)CCC(=O)NCCC#N.[Cl-]. The number of nitrogens with zero attached hydrogens (tertiary/aromatic N) is 2. The van der Waals surface area contributed by atoms with E-state index in [0.717, 1.165) is 13.0 Å². The highest BCUT2D eigenvalue weighted by Gasteiger charge is 2.25. The largest absolute Gasteiger partial charge is 1.00 e. The van der Waals surface area contributed by atoms with Gasteiger partial charge in [-0.25, -0.2) is 0 Å². The van der Waals surface area contributed by atoms with Gasteiger partial charge in [0.05, 0.1) is 46.1 Å². The van der Waals surface area contributed by atoms with Crippen molar-refractivity contribution in [1.29, 1.82) is 5.26 Å². The topological polar surface area (TPSA) is 82.0 Å².